The van der Waals surface area contributed by atoms with Gasteiger partial charge in [0.25, 0.3) is 0 Å². The first-order valence-electron chi connectivity index (χ1n) is 6.16. The third kappa shape index (κ3) is 1.54. The van der Waals surface area contributed by atoms with Crippen LogP contribution in [0.4, 0.5) is 0 Å². The van der Waals surface area contributed by atoms with Gasteiger partial charge in [0.1, 0.15) is 6.08 Å². The van der Waals surface area contributed by atoms with Gasteiger partial charge in [0.15, 0.2) is 0 Å². The van der Waals surface area contributed by atoms with Crippen molar-refractivity contribution < 1.29 is 10.6 Å². The monoisotopic (exact) mass is 192 g/mol. The standard InChI is InChI=1S/C11H12N2O/c1-13-10(7-8-12-13)11(14)9-5-3-2-4-6-9/h2-8,11,14H,1H3/i1D3,11D. The molecule has 3 nitrogen and oxygen atoms in total. The first kappa shape index (κ1) is 5.32. The summed E-state index contributed by atoms with van der Waals surface area (Å²) in [5.41, 5.74) is 0.199. The van der Waals surface area contributed by atoms with E-state index in [4.69, 9.17) is 5.48 Å². The summed E-state index contributed by atoms with van der Waals surface area (Å²) >= 11 is 0. The van der Waals surface area contributed by atoms with E-state index >= 15 is 0 Å². The number of hydrogen-bond donors (Lipinski definition) is 1. The topological polar surface area (TPSA) is 38.1 Å². The predicted octanol–water partition coefficient (Wildman–Crippen LogP) is 1.50. The lowest BCUT2D eigenvalue weighted by Gasteiger charge is -2.10. The molecule has 0 amide bonds. The fourth-order valence-electron chi connectivity index (χ4n) is 1.23. The van der Waals surface area contributed by atoms with Crippen molar-refractivity contribution in [2.45, 2.75) is 6.08 Å². The van der Waals surface area contributed by atoms with Crippen LogP contribution in [0.5, 0.6) is 0 Å². The minimum atomic E-state index is -2.53. The molecule has 0 radical (unpaired) electrons. The first-order valence-corrected chi connectivity index (χ1v) is 4.16. The van der Waals surface area contributed by atoms with E-state index in [-0.39, 0.29) is 11.3 Å². The van der Waals surface area contributed by atoms with Crippen molar-refractivity contribution in [3.63, 3.8) is 0 Å². The van der Waals surface area contributed by atoms with Crippen LogP contribution in [-0.4, -0.2) is 14.9 Å². The Morgan fingerprint density at radius 2 is 2.21 bits per heavy atom. The van der Waals surface area contributed by atoms with Gasteiger partial charge < -0.3 is 5.11 Å². The molecule has 0 spiro atoms. The Morgan fingerprint density at radius 1 is 1.43 bits per heavy atom. The maximum atomic E-state index is 10.2. The van der Waals surface area contributed by atoms with Crippen molar-refractivity contribution in [2.24, 2.45) is 6.98 Å². The van der Waals surface area contributed by atoms with Crippen molar-refractivity contribution in [1.29, 1.82) is 0 Å². The molecule has 14 heavy (non-hydrogen) atoms. The van der Waals surface area contributed by atoms with Gasteiger partial charge in [0.2, 0.25) is 0 Å². The molecule has 2 aromatic rings. The molecule has 1 heterocycles. The van der Waals surface area contributed by atoms with Crippen molar-refractivity contribution in [3.05, 3.63) is 53.9 Å². The minimum absolute atomic E-state index is 0.0892. The zero-order valence-electron chi connectivity index (χ0n) is 11.4. The summed E-state index contributed by atoms with van der Waals surface area (Å²) in [6, 6.07) is 9.54. The lowest BCUT2D eigenvalue weighted by Crippen LogP contribution is -2.06. The van der Waals surface area contributed by atoms with Gasteiger partial charge in [-0.2, -0.15) is 5.10 Å². The van der Waals surface area contributed by atoms with Crippen LogP contribution in [0, 0.1) is 0 Å². The molecule has 1 aromatic heterocycles. The fourth-order valence-corrected chi connectivity index (χ4v) is 1.23. The van der Waals surface area contributed by atoms with E-state index in [0.29, 0.717) is 4.68 Å². The summed E-state index contributed by atoms with van der Waals surface area (Å²) in [6.45, 7) is -2.53. The van der Waals surface area contributed by atoms with E-state index in [1.54, 1.807) is 30.3 Å². The third-order valence-corrected chi connectivity index (χ3v) is 1.93. The number of aryl methyl sites for hydroxylation is 1. The molecule has 1 N–H and O–H groups in total. The molecule has 0 fully saturated rings. The highest BCUT2D eigenvalue weighted by Crippen LogP contribution is 2.20. The average molecular weight is 192 g/mol. The van der Waals surface area contributed by atoms with Crippen molar-refractivity contribution in [2.75, 3.05) is 0 Å². The van der Waals surface area contributed by atoms with Gasteiger partial charge in [-0.3, -0.25) is 4.68 Å². The molecule has 0 aliphatic rings. The van der Waals surface area contributed by atoms with Crippen LogP contribution >= 0.6 is 0 Å². The summed E-state index contributed by atoms with van der Waals surface area (Å²) < 4.78 is 30.6. The normalized spacial score (nSPS) is 20.1. The summed E-state index contributed by atoms with van der Waals surface area (Å²) in [4.78, 5) is 0. The van der Waals surface area contributed by atoms with E-state index in [2.05, 4.69) is 5.10 Å². The summed E-state index contributed by atoms with van der Waals surface area (Å²) in [6.07, 6.45) is -0.893. The van der Waals surface area contributed by atoms with Crippen LogP contribution in [0.25, 0.3) is 0 Å². The molecule has 0 saturated carbocycles. The Hall–Kier alpha value is -1.61. The van der Waals surface area contributed by atoms with Gasteiger partial charge in [-0.25, -0.2) is 0 Å². The SMILES string of the molecule is [2H]C(O)(c1ccccc1)c1ccnn1C([2H])([2H])[2H]. The zero-order valence-corrected chi connectivity index (χ0v) is 7.38. The first-order chi connectivity index (χ1) is 8.33. The van der Waals surface area contributed by atoms with E-state index in [9.17, 15) is 5.11 Å². The Morgan fingerprint density at radius 3 is 2.93 bits per heavy atom. The summed E-state index contributed by atoms with van der Waals surface area (Å²) in [5.74, 6) is 0. The molecule has 0 saturated heterocycles. The molecular weight excluding hydrogens is 176 g/mol. The number of nitrogens with zero attached hydrogens (tertiary/aromatic N) is 2. The largest absolute Gasteiger partial charge is 0.382 e. The number of aliphatic hydroxyl groups is 1. The molecule has 2 rings (SSSR count). The Balaban J connectivity index is 2.52. The van der Waals surface area contributed by atoms with Crippen LogP contribution in [0.2, 0.25) is 0 Å². The Bertz CT molecular complexity index is 533. The molecular formula is C11H12N2O. The molecule has 1 aromatic carbocycles. The predicted molar refractivity (Wildman–Crippen MR) is 53.7 cm³/mol. The molecule has 72 valence electrons. The second-order valence-corrected chi connectivity index (χ2v) is 2.84. The smallest absolute Gasteiger partial charge is 0.121 e. The van der Waals surface area contributed by atoms with E-state index in [1.807, 2.05) is 0 Å². The fraction of sp³-hybridized carbons (Fsp3) is 0.182. The van der Waals surface area contributed by atoms with Gasteiger partial charge in [-0.15, -0.1) is 0 Å². The molecule has 1 atom stereocenters. The second kappa shape index (κ2) is 3.64. The average Bonchev–Trinajstić information content (AvgIpc) is 2.79. The summed E-state index contributed by atoms with van der Waals surface area (Å²) in [5, 5.41) is 13.9. The highest BCUT2D eigenvalue weighted by Gasteiger charge is 2.12. The number of hydrogen-bond acceptors (Lipinski definition) is 2. The van der Waals surface area contributed by atoms with Gasteiger partial charge in [-0.05, 0) is 11.6 Å². The molecule has 0 aliphatic carbocycles. The highest BCUT2D eigenvalue weighted by atomic mass is 16.3. The van der Waals surface area contributed by atoms with Crippen LogP contribution in [0.15, 0.2) is 42.6 Å². The van der Waals surface area contributed by atoms with Crippen molar-refractivity contribution in [3.8, 4) is 0 Å². The lowest BCUT2D eigenvalue weighted by atomic mass is 10.1. The second-order valence-electron chi connectivity index (χ2n) is 2.84. The number of rotatable bonds is 2. The van der Waals surface area contributed by atoms with Crippen molar-refractivity contribution in [1.82, 2.24) is 9.78 Å². The lowest BCUT2D eigenvalue weighted by molar-refractivity contribution is 0.210. The summed E-state index contributed by atoms with van der Waals surface area (Å²) in [7, 11) is 0. The van der Waals surface area contributed by atoms with Crippen LogP contribution in [0.1, 0.15) is 22.8 Å². The van der Waals surface area contributed by atoms with Crippen LogP contribution in [0.3, 0.4) is 0 Å². The minimum Gasteiger partial charge on any atom is -0.382 e. The van der Waals surface area contributed by atoms with Gasteiger partial charge in [0.05, 0.1) is 7.06 Å². The zero-order chi connectivity index (χ0) is 13.4. The third-order valence-electron chi connectivity index (χ3n) is 1.93. The Labute approximate surface area is 88.2 Å². The maximum absolute atomic E-state index is 10.2. The highest BCUT2D eigenvalue weighted by molar-refractivity contribution is 5.24. The molecule has 3 heteroatoms. The van der Waals surface area contributed by atoms with Gasteiger partial charge >= 0.3 is 0 Å². The van der Waals surface area contributed by atoms with Gasteiger partial charge in [0, 0.05) is 17.3 Å². The van der Waals surface area contributed by atoms with Crippen molar-refractivity contribution >= 4 is 0 Å². The van der Waals surface area contributed by atoms with Crippen LogP contribution < -0.4 is 0 Å². The van der Waals surface area contributed by atoms with Gasteiger partial charge in [-0.1, -0.05) is 30.3 Å². The molecule has 1 unspecified atom stereocenters. The van der Waals surface area contributed by atoms with E-state index < -0.39 is 13.1 Å². The number of aromatic nitrogens is 2. The van der Waals surface area contributed by atoms with E-state index in [1.165, 1.54) is 12.3 Å². The molecule has 0 bridgehead atoms. The maximum Gasteiger partial charge on any atom is 0.121 e. The Kier molecular flexibility index (Phi) is 1.38. The van der Waals surface area contributed by atoms with E-state index in [0.717, 1.165) is 0 Å². The number of benzene rings is 1. The molecule has 0 aliphatic heterocycles. The quantitative estimate of drug-likeness (QED) is 0.783. The van der Waals surface area contributed by atoms with Crippen LogP contribution in [-0.2, 0) is 6.98 Å².